The number of rotatable bonds is 2. The first kappa shape index (κ1) is 12.2. The number of carbonyl (C=O) groups excluding carboxylic acids is 1. The van der Waals surface area contributed by atoms with E-state index in [1.807, 2.05) is 12.3 Å². The van der Waals surface area contributed by atoms with Crippen molar-refractivity contribution in [3.63, 3.8) is 0 Å². The lowest BCUT2D eigenvalue weighted by molar-refractivity contribution is 0.0600. The number of ether oxygens (including phenoxy) is 1. The highest BCUT2D eigenvalue weighted by atomic mass is 16.5. The summed E-state index contributed by atoms with van der Waals surface area (Å²) in [7, 11) is 1.39. The summed E-state index contributed by atoms with van der Waals surface area (Å²) < 4.78 is 4.75. The number of fused-ring (bicyclic) bond motifs is 1. The average molecular weight is 259 g/mol. The van der Waals surface area contributed by atoms with E-state index in [0.29, 0.717) is 11.5 Å². The molecule has 0 spiro atoms. The summed E-state index contributed by atoms with van der Waals surface area (Å²) in [5, 5.41) is 4.40. The molecule has 5 nitrogen and oxygen atoms in total. The highest BCUT2D eigenvalue weighted by molar-refractivity contribution is 5.94. The smallest absolute Gasteiger partial charge is 0.339 e. The summed E-state index contributed by atoms with van der Waals surface area (Å²) in [5.41, 5.74) is 2.60. The molecule has 2 aromatic heterocycles. The number of piperidine rings is 1. The first-order chi connectivity index (χ1) is 9.29. The normalized spacial score (nSPS) is 16.7. The predicted molar refractivity (Wildman–Crippen MR) is 72.3 cm³/mol. The van der Waals surface area contributed by atoms with E-state index in [1.165, 1.54) is 12.7 Å². The number of hydrogen-bond acceptors (Lipinski definition) is 4. The van der Waals surface area contributed by atoms with Gasteiger partial charge in [0.2, 0.25) is 0 Å². The summed E-state index contributed by atoms with van der Waals surface area (Å²) in [6.07, 6.45) is 5.82. The van der Waals surface area contributed by atoms with Crippen LogP contribution in [-0.4, -0.2) is 36.1 Å². The van der Waals surface area contributed by atoms with Gasteiger partial charge < -0.3 is 15.0 Å². The molecule has 100 valence electrons. The molecule has 1 saturated heterocycles. The first-order valence-corrected chi connectivity index (χ1v) is 6.55. The second-order valence-corrected chi connectivity index (χ2v) is 4.88. The maximum Gasteiger partial charge on any atom is 0.339 e. The number of aromatic nitrogens is 2. The Bertz CT molecular complexity index is 600. The van der Waals surface area contributed by atoms with Gasteiger partial charge >= 0.3 is 5.97 Å². The molecule has 1 aliphatic rings. The van der Waals surface area contributed by atoms with Crippen LogP contribution in [0, 0.1) is 0 Å². The van der Waals surface area contributed by atoms with Crippen molar-refractivity contribution in [2.45, 2.75) is 18.8 Å². The summed E-state index contributed by atoms with van der Waals surface area (Å²) in [6, 6.07) is 1.88. The lowest BCUT2D eigenvalue weighted by atomic mass is 9.90. The molecule has 3 heterocycles. The van der Waals surface area contributed by atoms with Gasteiger partial charge in [-0.2, -0.15) is 0 Å². The largest absolute Gasteiger partial charge is 0.465 e. The second-order valence-electron chi connectivity index (χ2n) is 4.88. The minimum Gasteiger partial charge on any atom is -0.465 e. The van der Waals surface area contributed by atoms with Crippen LogP contribution in [0.5, 0.6) is 0 Å². The molecule has 0 bridgehead atoms. The minimum atomic E-state index is -0.341. The van der Waals surface area contributed by atoms with Crippen molar-refractivity contribution >= 4 is 17.0 Å². The number of carbonyl (C=O) groups is 1. The molecule has 0 atom stereocenters. The van der Waals surface area contributed by atoms with E-state index in [0.717, 1.165) is 37.0 Å². The molecule has 0 saturated carbocycles. The van der Waals surface area contributed by atoms with Crippen LogP contribution in [0.1, 0.15) is 34.7 Å². The predicted octanol–water partition coefficient (Wildman–Crippen LogP) is 1.82. The molecule has 0 aromatic carbocycles. The van der Waals surface area contributed by atoms with E-state index in [4.69, 9.17) is 4.74 Å². The van der Waals surface area contributed by atoms with Crippen molar-refractivity contribution in [1.29, 1.82) is 0 Å². The Kier molecular flexibility index (Phi) is 3.21. The Morgan fingerprint density at radius 2 is 2.21 bits per heavy atom. The van der Waals surface area contributed by atoms with Crippen molar-refractivity contribution < 1.29 is 9.53 Å². The summed E-state index contributed by atoms with van der Waals surface area (Å²) >= 11 is 0. The number of nitrogens with one attached hydrogen (secondary N) is 2. The molecule has 2 aromatic rings. The topological polar surface area (TPSA) is 67.0 Å². The van der Waals surface area contributed by atoms with Crippen LogP contribution < -0.4 is 5.32 Å². The molecule has 0 aliphatic carbocycles. The fourth-order valence-corrected chi connectivity index (χ4v) is 2.72. The van der Waals surface area contributed by atoms with E-state index in [-0.39, 0.29) is 5.97 Å². The molecular weight excluding hydrogens is 242 g/mol. The highest BCUT2D eigenvalue weighted by Crippen LogP contribution is 2.31. The number of pyridine rings is 1. The number of nitrogens with zero attached hydrogens (tertiary/aromatic N) is 1. The van der Waals surface area contributed by atoms with Gasteiger partial charge in [0, 0.05) is 17.8 Å². The monoisotopic (exact) mass is 259 g/mol. The maximum atomic E-state index is 11.6. The molecule has 1 fully saturated rings. The van der Waals surface area contributed by atoms with Crippen LogP contribution in [-0.2, 0) is 4.74 Å². The van der Waals surface area contributed by atoms with E-state index in [9.17, 15) is 4.79 Å². The van der Waals surface area contributed by atoms with Crippen LogP contribution in [0.2, 0.25) is 0 Å². The standard InChI is InChI=1S/C14H17N3O2/c1-19-14(18)10-6-11-12(8-17-13(11)16-7-10)9-2-4-15-5-3-9/h6-9,15H,2-5H2,1H3,(H,16,17). The first-order valence-electron chi connectivity index (χ1n) is 6.55. The minimum absolute atomic E-state index is 0.341. The van der Waals surface area contributed by atoms with Crippen molar-refractivity contribution in [2.24, 2.45) is 0 Å². The third kappa shape index (κ3) is 2.21. The second kappa shape index (κ2) is 5.01. The van der Waals surface area contributed by atoms with Crippen molar-refractivity contribution in [1.82, 2.24) is 15.3 Å². The lowest BCUT2D eigenvalue weighted by Gasteiger charge is -2.22. The Balaban J connectivity index is 2.02. The fraction of sp³-hybridized carbons (Fsp3) is 0.429. The summed E-state index contributed by atoms with van der Waals surface area (Å²) in [4.78, 5) is 19.1. The Labute approximate surface area is 111 Å². The average Bonchev–Trinajstić information content (AvgIpc) is 2.90. The van der Waals surface area contributed by atoms with Crippen LogP contribution in [0.3, 0.4) is 0 Å². The van der Waals surface area contributed by atoms with Crippen LogP contribution >= 0.6 is 0 Å². The number of methoxy groups -OCH3 is 1. The summed E-state index contributed by atoms with van der Waals surface area (Å²) in [6.45, 7) is 2.09. The quantitative estimate of drug-likeness (QED) is 0.807. The molecule has 1 aliphatic heterocycles. The van der Waals surface area contributed by atoms with Crippen LogP contribution in [0.25, 0.3) is 11.0 Å². The van der Waals surface area contributed by atoms with E-state index in [2.05, 4.69) is 15.3 Å². The van der Waals surface area contributed by atoms with Gasteiger partial charge in [0.05, 0.1) is 12.7 Å². The van der Waals surface area contributed by atoms with Gasteiger partial charge in [-0.3, -0.25) is 0 Å². The SMILES string of the molecule is COC(=O)c1cnc2[nH]cc(C3CCNCC3)c2c1. The summed E-state index contributed by atoms with van der Waals surface area (Å²) in [5.74, 6) is 0.191. The maximum absolute atomic E-state index is 11.6. The third-order valence-electron chi connectivity index (χ3n) is 3.76. The van der Waals surface area contributed by atoms with E-state index in [1.54, 1.807) is 6.20 Å². The number of aromatic amines is 1. The molecule has 2 N–H and O–H groups in total. The molecule has 3 rings (SSSR count). The van der Waals surface area contributed by atoms with E-state index >= 15 is 0 Å². The molecule has 5 heteroatoms. The Morgan fingerprint density at radius 1 is 1.42 bits per heavy atom. The lowest BCUT2D eigenvalue weighted by Crippen LogP contribution is -2.26. The van der Waals surface area contributed by atoms with Crippen LogP contribution in [0.4, 0.5) is 0 Å². The van der Waals surface area contributed by atoms with Gasteiger partial charge in [0.15, 0.2) is 0 Å². The molecule has 0 amide bonds. The van der Waals surface area contributed by atoms with Crippen molar-refractivity contribution in [2.75, 3.05) is 20.2 Å². The molecule has 0 radical (unpaired) electrons. The third-order valence-corrected chi connectivity index (χ3v) is 3.76. The highest BCUT2D eigenvalue weighted by Gasteiger charge is 2.19. The van der Waals surface area contributed by atoms with Gasteiger partial charge in [-0.1, -0.05) is 0 Å². The van der Waals surface area contributed by atoms with Gasteiger partial charge in [-0.25, -0.2) is 9.78 Å². The Hall–Kier alpha value is -1.88. The molecular formula is C14H17N3O2. The zero-order valence-corrected chi connectivity index (χ0v) is 10.9. The number of hydrogen-bond donors (Lipinski definition) is 2. The molecule has 0 unspecified atom stereocenters. The Morgan fingerprint density at radius 3 is 2.95 bits per heavy atom. The van der Waals surface area contributed by atoms with Gasteiger partial charge in [0.25, 0.3) is 0 Å². The fourth-order valence-electron chi connectivity index (χ4n) is 2.72. The van der Waals surface area contributed by atoms with Crippen LogP contribution in [0.15, 0.2) is 18.5 Å². The zero-order valence-electron chi connectivity index (χ0n) is 10.9. The number of esters is 1. The van der Waals surface area contributed by atoms with Crippen molar-refractivity contribution in [3.05, 3.63) is 29.6 Å². The van der Waals surface area contributed by atoms with Crippen molar-refractivity contribution in [3.8, 4) is 0 Å². The zero-order chi connectivity index (χ0) is 13.2. The van der Waals surface area contributed by atoms with Gasteiger partial charge in [-0.15, -0.1) is 0 Å². The number of H-pyrrole nitrogens is 1. The van der Waals surface area contributed by atoms with E-state index < -0.39 is 0 Å². The van der Waals surface area contributed by atoms with Gasteiger partial charge in [0.1, 0.15) is 5.65 Å². The van der Waals surface area contributed by atoms with Gasteiger partial charge in [-0.05, 0) is 43.5 Å². The molecule has 19 heavy (non-hydrogen) atoms.